The van der Waals surface area contributed by atoms with Gasteiger partial charge in [0.2, 0.25) is 0 Å². The quantitative estimate of drug-likeness (QED) is 0.854. The molecule has 2 aromatic rings. The standard InChI is InChI=1S/C13H11BrClNO2/c1-16(8-10-3-2-6-18-10)13(17)9-4-5-11(14)12(15)7-9/h2-7H,8H2,1H3. The zero-order valence-corrected chi connectivity index (χ0v) is 12.0. The molecule has 1 heterocycles. The van der Waals surface area contributed by atoms with Crippen LogP contribution in [0.2, 0.25) is 5.02 Å². The van der Waals surface area contributed by atoms with E-state index in [1.165, 1.54) is 0 Å². The smallest absolute Gasteiger partial charge is 0.254 e. The SMILES string of the molecule is CN(Cc1ccco1)C(=O)c1ccc(Br)c(Cl)c1. The Kier molecular flexibility index (Phi) is 4.09. The molecule has 0 unspecified atom stereocenters. The molecule has 0 fully saturated rings. The molecule has 0 aliphatic rings. The van der Waals surface area contributed by atoms with Gasteiger partial charge in [-0.1, -0.05) is 11.6 Å². The van der Waals surface area contributed by atoms with Crippen molar-refractivity contribution in [1.82, 2.24) is 4.90 Å². The van der Waals surface area contributed by atoms with Gasteiger partial charge in [-0.3, -0.25) is 4.79 Å². The lowest BCUT2D eigenvalue weighted by molar-refractivity contribution is 0.0775. The van der Waals surface area contributed by atoms with Crippen molar-refractivity contribution < 1.29 is 9.21 Å². The number of furan rings is 1. The van der Waals surface area contributed by atoms with Gasteiger partial charge in [0.05, 0.1) is 17.8 Å². The first kappa shape index (κ1) is 13.2. The minimum absolute atomic E-state index is 0.0965. The van der Waals surface area contributed by atoms with Crippen molar-refractivity contribution in [2.45, 2.75) is 6.54 Å². The number of hydrogen-bond acceptors (Lipinski definition) is 2. The number of rotatable bonds is 3. The highest BCUT2D eigenvalue weighted by atomic mass is 79.9. The van der Waals surface area contributed by atoms with Gasteiger partial charge in [0.25, 0.3) is 5.91 Å². The third-order valence-corrected chi connectivity index (χ3v) is 3.72. The molecule has 1 amide bonds. The molecular formula is C13H11BrClNO2. The number of halogens is 2. The van der Waals surface area contributed by atoms with Crippen molar-refractivity contribution in [3.05, 3.63) is 57.4 Å². The number of amides is 1. The van der Waals surface area contributed by atoms with Crippen molar-refractivity contribution in [3.8, 4) is 0 Å². The summed E-state index contributed by atoms with van der Waals surface area (Å²) in [5.41, 5.74) is 0.553. The van der Waals surface area contributed by atoms with Gasteiger partial charge in [-0.05, 0) is 46.3 Å². The van der Waals surface area contributed by atoms with Gasteiger partial charge in [0.1, 0.15) is 5.76 Å². The minimum Gasteiger partial charge on any atom is -0.467 e. The van der Waals surface area contributed by atoms with Crippen LogP contribution in [-0.2, 0) is 6.54 Å². The van der Waals surface area contributed by atoms with Crippen LogP contribution in [0.4, 0.5) is 0 Å². The van der Waals surface area contributed by atoms with Crippen LogP contribution in [0.3, 0.4) is 0 Å². The number of hydrogen-bond donors (Lipinski definition) is 0. The predicted molar refractivity (Wildman–Crippen MR) is 73.7 cm³/mol. The second-order valence-electron chi connectivity index (χ2n) is 3.87. The lowest BCUT2D eigenvalue weighted by Crippen LogP contribution is -2.25. The summed E-state index contributed by atoms with van der Waals surface area (Å²) in [7, 11) is 1.72. The fraction of sp³-hybridized carbons (Fsp3) is 0.154. The highest BCUT2D eigenvalue weighted by Gasteiger charge is 2.14. The Balaban J connectivity index is 2.12. The maximum Gasteiger partial charge on any atom is 0.254 e. The Morgan fingerprint density at radius 3 is 2.83 bits per heavy atom. The van der Waals surface area contributed by atoms with Gasteiger partial charge in [0, 0.05) is 17.1 Å². The van der Waals surface area contributed by atoms with E-state index < -0.39 is 0 Å². The average molecular weight is 329 g/mol. The zero-order chi connectivity index (χ0) is 13.1. The van der Waals surface area contributed by atoms with Crippen LogP contribution < -0.4 is 0 Å². The molecule has 5 heteroatoms. The largest absolute Gasteiger partial charge is 0.467 e. The minimum atomic E-state index is -0.0965. The Morgan fingerprint density at radius 2 is 2.22 bits per heavy atom. The molecule has 1 aromatic heterocycles. The van der Waals surface area contributed by atoms with E-state index in [1.54, 1.807) is 42.5 Å². The van der Waals surface area contributed by atoms with E-state index in [0.717, 1.165) is 10.2 Å². The number of carbonyl (C=O) groups is 1. The second kappa shape index (κ2) is 5.59. The summed E-state index contributed by atoms with van der Waals surface area (Å²) in [6.45, 7) is 0.430. The van der Waals surface area contributed by atoms with E-state index in [-0.39, 0.29) is 5.91 Å². The maximum absolute atomic E-state index is 12.1. The number of nitrogens with zero attached hydrogens (tertiary/aromatic N) is 1. The Morgan fingerprint density at radius 1 is 1.44 bits per heavy atom. The molecule has 18 heavy (non-hydrogen) atoms. The molecular weight excluding hydrogens is 318 g/mol. The van der Waals surface area contributed by atoms with E-state index in [0.29, 0.717) is 17.1 Å². The van der Waals surface area contributed by atoms with Gasteiger partial charge < -0.3 is 9.32 Å². The molecule has 0 saturated carbocycles. The molecule has 0 radical (unpaired) electrons. The van der Waals surface area contributed by atoms with Gasteiger partial charge in [-0.2, -0.15) is 0 Å². The Labute approximate surface area is 118 Å². The molecule has 1 aromatic carbocycles. The van der Waals surface area contributed by atoms with Crippen LogP contribution in [0.1, 0.15) is 16.1 Å². The topological polar surface area (TPSA) is 33.5 Å². The summed E-state index contributed by atoms with van der Waals surface area (Å²) in [5, 5.41) is 0.521. The molecule has 0 N–H and O–H groups in total. The molecule has 0 bridgehead atoms. The predicted octanol–water partition coefficient (Wildman–Crippen LogP) is 3.97. The lowest BCUT2D eigenvalue weighted by atomic mass is 10.2. The first-order valence-corrected chi connectivity index (χ1v) is 6.48. The summed E-state index contributed by atoms with van der Waals surface area (Å²) in [4.78, 5) is 13.7. The van der Waals surface area contributed by atoms with Crippen LogP contribution in [0.25, 0.3) is 0 Å². The van der Waals surface area contributed by atoms with Gasteiger partial charge >= 0.3 is 0 Å². The van der Waals surface area contributed by atoms with Crippen molar-refractivity contribution >= 4 is 33.4 Å². The average Bonchev–Trinajstić information content (AvgIpc) is 2.84. The molecule has 0 aliphatic carbocycles. The van der Waals surface area contributed by atoms with E-state index >= 15 is 0 Å². The lowest BCUT2D eigenvalue weighted by Gasteiger charge is -2.16. The number of carbonyl (C=O) groups excluding carboxylic acids is 1. The fourth-order valence-electron chi connectivity index (χ4n) is 1.56. The van der Waals surface area contributed by atoms with Gasteiger partial charge in [-0.15, -0.1) is 0 Å². The van der Waals surface area contributed by atoms with Crippen molar-refractivity contribution in [3.63, 3.8) is 0 Å². The monoisotopic (exact) mass is 327 g/mol. The highest BCUT2D eigenvalue weighted by Crippen LogP contribution is 2.23. The summed E-state index contributed by atoms with van der Waals surface area (Å²) >= 11 is 9.26. The zero-order valence-electron chi connectivity index (χ0n) is 9.69. The molecule has 0 atom stereocenters. The van der Waals surface area contributed by atoms with E-state index in [4.69, 9.17) is 16.0 Å². The molecule has 0 aliphatic heterocycles. The van der Waals surface area contributed by atoms with Crippen molar-refractivity contribution in [2.75, 3.05) is 7.05 Å². The van der Waals surface area contributed by atoms with Crippen LogP contribution in [0, 0.1) is 0 Å². The Hall–Kier alpha value is -1.26. The first-order chi connectivity index (χ1) is 8.58. The molecule has 94 valence electrons. The van der Waals surface area contributed by atoms with Crippen LogP contribution in [0.5, 0.6) is 0 Å². The summed E-state index contributed by atoms with van der Waals surface area (Å²) < 4.78 is 5.98. The summed E-state index contributed by atoms with van der Waals surface area (Å²) in [6.07, 6.45) is 1.59. The highest BCUT2D eigenvalue weighted by molar-refractivity contribution is 9.10. The molecule has 0 spiro atoms. The summed E-state index contributed by atoms with van der Waals surface area (Å²) in [6, 6.07) is 8.77. The van der Waals surface area contributed by atoms with E-state index in [9.17, 15) is 4.79 Å². The van der Waals surface area contributed by atoms with Crippen LogP contribution in [-0.4, -0.2) is 17.9 Å². The van der Waals surface area contributed by atoms with Gasteiger partial charge in [0.15, 0.2) is 0 Å². The van der Waals surface area contributed by atoms with Crippen molar-refractivity contribution in [2.24, 2.45) is 0 Å². The molecule has 0 saturated heterocycles. The van der Waals surface area contributed by atoms with Crippen LogP contribution >= 0.6 is 27.5 Å². The first-order valence-electron chi connectivity index (χ1n) is 5.31. The molecule has 3 nitrogen and oxygen atoms in total. The second-order valence-corrected chi connectivity index (χ2v) is 5.13. The normalized spacial score (nSPS) is 10.4. The Bertz CT molecular complexity index is 554. The van der Waals surface area contributed by atoms with Crippen molar-refractivity contribution in [1.29, 1.82) is 0 Å². The van der Waals surface area contributed by atoms with Gasteiger partial charge in [-0.25, -0.2) is 0 Å². The van der Waals surface area contributed by atoms with Crippen LogP contribution in [0.15, 0.2) is 45.5 Å². The summed E-state index contributed by atoms with van der Waals surface area (Å²) in [5.74, 6) is 0.648. The fourth-order valence-corrected chi connectivity index (χ4v) is 1.98. The maximum atomic E-state index is 12.1. The number of benzene rings is 1. The van der Waals surface area contributed by atoms with E-state index in [1.807, 2.05) is 6.07 Å². The third-order valence-electron chi connectivity index (χ3n) is 2.49. The molecule has 2 rings (SSSR count). The third kappa shape index (κ3) is 2.94. The van der Waals surface area contributed by atoms with E-state index in [2.05, 4.69) is 15.9 Å².